The number of aromatic nitrogens is 1. The van der Waals surface area contributed by atoms with E-state index in [1.54, 1.807) is 0 Å². The highest BCUT2D eigenvalue weighted by Crippen LogP contribution is 2.23. The van der Waals surface area contributed by atoms with Crippen LogP contribution in [-0.4, -0.2) is 47.0 Å². The zero-order valence-corrected chi connectivity index (χ0v) is 12.0. The van der Waals surface area contributed by atoms with Crippen LogP contribution in [0.2, 0.25) is 0 Å². The Morgan fingerprint density at radius 1 is 1.58 bits per heavy atom. The number of aryl methyl sites for hydroxylation is 1. The van der Waals surface area contributed by atoms with Crippen LogP contribution < -0.4 is 10.6 Å². The number of nitrogens with zero attached hydrogens (tertiary/aromatic N) is 2. The number of anilines is 1. The molecule has 3 N–H and O–H groups in total. The number of hydrogen-bond acceptors (Lipinski definition) is 5. The van der Waals surface area contributed by atoms with Crippen LogP contribution in [0.4, 0.5) is 5.82 Å². The quantitative estimate of drug-likeness (QED) is 0.791. The highest BCUT2D eigenvalue weighted by molar-refractivity contribution is 7.80. The first-order valence-electron chi connectivity index (χ1n) is 6.30. The fourth-order valence-electron chi connectivity index (χ4n) is 2.30. The van der Waals surface area contributed by atoms with Gasteiger partial charge >= 0.3 is 0 Å². The molecule has 1 aliphatic rings. The van der Waals surface area contributed by atoms with Crippen molar-refractivity contribution in [3.8, 4) is 0 Å². The Bertz CT molecular complexity index is 481. The first-order valence-corrected chi connectivity index (χ1v) is 6.70. The SMILES string of the molecule is Cc1ccc(C(N)=S)c(N2CC(C)OC(CO)C2)n1. The number of nitrogens with two attached hydrogens (primary N) is 1. The second kappa shape index (κ2) is 5.81. The van der Waals surface area contributed by atoms with Crippen molar-refractivity contribution in [2.75, 3.05) is 24.6 Å². The molecule has 1 saturated heterocycles. The topological polar surface area (TPSA) is 71.6 Å². The van der Waals surface area contributed by atoms with Crippen LogP contribution in [0.15, 0.2) is 12.1 Å². The van der Waals surface area contributed by atoms with Gasteiger partial charge in [0.25, 0.3) is 0 Å². The lowest BCUT2D eigenvalue weighted by Gasteiger charge is -2.37. The number of aliphatic hydroxyl groups excluding tert-OH is 1. The van der Waals surface area contributed by atoms with E-state index in [9.17, 15) is 5.11 Å². The number of pyridine rings is 1. The van der Waals surface area contributed by atoms with E-state index in [4.69, 9.17) is 22.7 Å². The fraction of sp³-hybridized carbons (Fsp3) is 0.538. The summed E-state index contributed by atoms with van der Waals surface area (Å²) < 4.78 is 5.63. The second-order valence-electron chi connectivity index (χ2n) is 4.84. The molecule has 0 aliphatic carbocycles. The molecular formula is C13H19N3O2S. The molecule has 2 atom stereocenters. The van der Waals surface area contributed by atoms with Crippen LogP contribution in [0.25, 0.3) is 0 Å². The second-order valence-corrected chi connectivity index (χ2v) is 5.28. The van der Waals surface area contributed by atoms with Gasteiger partial charge in [-0.05, 0) is 26.0 Å². The van der Waals surface area contributed by atoms with E-state index < -0.39 is 0 Å². The van der Waals surface area contributed by atoms with Crippen LogP contribution in [0, 0.1) is 6.92 Å². The van der Waals surface area contributed by atoms with Crippen molar-refractivity contribution >= 4 is 23.0 Å². The molecular weight excluding hydrogens is 262 g/mol. The maximum Gasteiger partial charge on any atom is 0.139 e. The van der Waals surface area contributed by atoms with Crippen molar-refractivity contribution < 1.29 is 9.84 Å². The summed E-state index contributed by atoms with van der Waals surface area (Å²) in [4.78, 5) is 6.96. The van der Waals surface area contributed by atoms with Gasteiger partial charge in [-0.2, -0.15) is 0 Å². The summed E-state index contributed by atoms with van der Waals surface area (Å²) in [6.45, 7) is 5.20. The van der Waals surface area contributed by atoms with Gasteiger partial charge in [-0.25, -0.2) is 4.98 Å². The van der Waals surface area contributed by atoms with Gasteiger partial charge in [0.1, 0.15) is 10.8 Å². The van der Waals surface area contributed by atoms with Crippen molar-refractivity contribution in [2.24, 2.45) is 5.73 Å². The average Bonchev–Trinajstić information content (AvgIpc) is 2.37. The summed E-state index contributed by atoms with van der Waals surface area (Å²) in [6.07, 6.45) is -0.169. The minimum absolute atomic E-state index is 0.00490. The smallest absolute Gasteiger partial charge is 0.139 e. The third-order valence-corrected chi connectivity index (χ3v) is 3.33. The predicted octanol–water partition coefficient (Wildman–Crippen LogP) is 0.610. The van der Waals surface area contributed by atoms with Gasteiger partial charge in [0.05, 0.1) is 24.4 Å². The average molecular weight is 281 g/mol. The Labute approximate surface area is 118 Å². The molecule has 2 heterocycles. The maximum atomic E-state index is 9.28. The first-order chi connectivity index (χ1) is 9.01. The summed E-state index contributed by atoms with van der Waals surface area (Å²) in [5, 5.41) is 9.28. The van der Waals surface area contributed by atoms with Gasteiger partial charge in [0.15, 0.2) is 0 Å². The van der Waals surface area contributed by atoms with E-state index in [-0.39, 0.29) is 18.8 Å². The Hall–Kier alpha value is -1.24. The van der Waals surface area contributed by atoms with Crippen LogP contribution >= 0.6 is 12.2 Å². The van der Waals surface area contributed by atoms with E-state index in [1.807, 2.05) is 26.0 Å². The van der Waals surface area contributed by atoms with E-state index in [0.717, 1.165) is 17.1 Å². The third-order valence-electron chi connectivity index (χ3n) is 3.11. The zero-order chi connectivity index (χ0) is 14.0. The third kappa shape index (κ3) is 3.20. The molecule has 0 spiro atoms. The van der Waals surface area contributed by atoms with Crippen LogP contribution in [0.5, 0.6) is 0 Å². The number of ether oxygens (including phenoxy) is 1. The minimum Gasteiger partial charge on any atom is -0.394 e. The lowest BCUT2D eigenvalue weighted by Crippen LogP contribution is -2.49. The standard InChI is InChI=1S/C13H19N3O2S/c1-8-3-4-11(12(14)19)13(15-8)16-5-9(2)18-10(6-16)7-17/h3-4,9-10,17H,5-7H2,1-2H3,(H2,14,19). The van der Waals surface area contributed by atoms with Gasteiger partial charge in [0.2, 0.25) is 0 Å². The van der Waals surface area contributed by atoms with Gasteiger partial charge < -0.3 is 20.5 Å². The van der Waals surface area contributed by atoms with Gasteiger partial charge in [0, 0.05) is 18.8 Å². The van der Waals surface area contributed by atoms with E-state index in [0.29, 0.717) is 18.1 Å². The first kappa shape index (κ1) is 14.2. The summed E-state index contributed by atoms with van der Waals surface area (Å²) in [6, 6.07) is 3.79. The summed E-state index contributed by atoms with van der Waals surface area (Å²) in [5.41, 5.74) is 7.44. The van der Waals surface area contributed by atoms with Crippen molar-refractivity contribution in [3.63, 3.8) is 0 Å². The van der Waals surface area contributed by atoms with Gasteiger partial charge in [-0.3, -0.25) is 0 Å². The molecule has 5 nitrogen and oxygen atoms in total. The Morgan fingerprint density at radius 2 is 2.32 bits per heavy atom. The molecule has 19 heavy (non-hydrogen) atoms. The molecule has 1 aliphatic heterocycles. The number of morpholine rings is 1. The summed E-state index contributed by atoms with van der Waals surface area (Å²) in [7, 11) is 0. The Kier molecular flexibility index (Phi) is 4.34. The lowest BCUT2D eigenvalue weighted by atomic mass is 10.1. The normalized spacial score (nSPS) is 23.4. The molecule has 2 rings (SSSR count). The molecule has 0 radical (unpaired) electrons. The van der Waals surface area contributed by atoms with Gasteiger partial charge in [-0.15, -0.1) is 0 Å². The van der Waals surface area contributed by atoms with E-state index in [1.165, 1.54) is 0 Å². The maximum absolute atomic E-state index is 9.28. The van der Waals surface area contributed by atoms with E-state index >= 15 is 0 Å². The van der Waals surface area contributed by atoms with Crippen molar-refractivity contribution in [2.45, 2.75) is 26.1 Å². The number of hydrogen-bond donors (Lipinski definition) is 2. The van der Waals surface area contributed by atoms with Crippen molar-refractivity contribution in [1.29, 1.82) is 0 Å². The molecule has 2 unspecified atom stereocenters. The highest BCUT2D eigenvalue weighted by Gasteiger charge is 2.27. The van der Waals surface area contributed by atoms with Crippen molar-refractivity contribution in [3.05, 3.63) is 23.4 Å². The van der Waals surface area contributed by atoms with E-state index in [2.05, 4.69) is 9.88 Å². The lowest BCUT2D eigenvalue weighted by molar-refractivity contribution is -0.0423. The summed E-state index contributed by atoms with van der Waals surface area (Å²) >= 11 is 5.08. The Balaban J connectivity index is 2.34. The molecule has 6 heteroatoms. The van der Waals surface area contributed by atoms with Crippen LogP contribution in [0.1, 0.15) is 18.2 Å². The predicted molar refractivity (Wildman–Crippen MR) is 78.5 cm³/mol. The largest absolute Gasteiger partial charge is 0.394 e. The molecule has 0 saturated carbocycles. The molecule has 0 amide bonds. The molecule has 1 aromatic heterocycles. The van der Waals surface area contributed by atoms with Gasteiger partial charge in [-0.1, -0.05) is 12.2 Å². The molecule has 0 bridgehead atoms. The van der Waals surface area contributed by atoms with Crippen LogP contribution in [-0.2, 0) is 4.74 Å². The number of rotatable bonds is 3. The monoisotopic (exact) mass is 281 g/mol. The Morgan fingerprint density at radius 3 is 2.95 bits per heavy atom. The minimum atomic E-state index is -0.203. The summed E-state index contributed by atoms with van der Waals surface area (Å²) in [5.74, 6) is 0.779. The molecule has 1 aromatic rings. The van der Waals surface area contributed by atoms with Crippen LogP contribution in [0.3, 0.4) is 0 Å². The molecule has 0 aromatic carbocycles. The molecule has 1 fully saturated rings. The number of aliphatic hydroxyl groups is 1. The fourth-order valence-corrected chi connectivity index (χ4v) is 2.45. The highest BCUT2D eigenvalue weighted by atomic mass is 32.1. The molecule has 104 valence electrons. The van der Waals surface area contributed by atoms with Crippen molar-refractivity contribution in [1.82, 2.24) is 4.98 Å². The zero-order valence-electron chi connectivity index (χ0n) is 11.2. The number of thiocarbonyl (C=S) groups is 1.